The molecule has 8 nitrogen and oxygen atoms in total. The standard InChI is InChI=1S/C8H10O8S4/c9-5(7(11)3-19(13)14)1-17-18-2-6(10)8(12)4-20(15)16/h1-4H2,(H,13,14)(H,15,16). The maximum atomic E-state index is 11.1. The first-order chi connectivity index (χ1) is 9.23. The molecule has 2 atom stereocenters. The molecule has 114 valence electrons. The van der Waals surface area contributed by atoms with Gasteiger partial charge in [-0.05, 0) is 0 Å². The van der Waals surface area contributed by atoms with Crippen LogP contribution in [0.3, 0.4) is 0 Å². The first-order valence-electron chi connectivity index (χ1n) is 4.75. The Bertz CT molecular complexity index is 417. The maximum absolute atomic E-state index is 11.1. The molecule has 0 fully saturated rings. The fraction of sp³-hybridized carbons (Fsp3) is 0.500. The molecule has 0 heterocycles. The van der Waals surface area contributed by atoms with Gasteiger partial charge in [0.2, 0.25) is 23.1 Å². The van der Waals surface area contributed by atoms with E-state index in [1.54, 1.807) is 0 Å². The Labute approximate surface area is 126 Å². The van der Waals surface area contributed by atoms with E-state index >= 15 is 0 Å². The summed E-state index contributed by atoms with van der Waals surface area (Å²) >= 11 is -4.76. The number of hydrogen-bond donors (Lipinski definition) is 2. The molecule has 0 aliphatic rings. The molecule has 0 spiro atoms. The van der Waals surface area contributed by atoms with Gasteiger partial charge in [0, 0.05) is 0 Å². The lowest BCUT2D eigenvalue weighted by atomic mass is 10.3. The van der Waals surface area contributed by atoms with E-state index in [1.807, 2.05) is 0 Å². The molecule has 0 saturated carbocycles. The monoisotopic (exact) mass is 362 g/mol. The van der Waals surface area contributed by atoms with Crippen molar-refractivity contribution in [2.24, 2.45) is 0 Å². The molecule has 0 aliphatic carbocycles. The second-order valence-corrected chi connectivity index (χ2v) is 7.47. The van der Waals surface area contributed by atoms with Crippen LogP contribution in [0.15, 0.2) is 0 Å². The van der Waals surface area contributed by atoms with Crippen LogP contribution in [0, 0.1) is 0 Å². The summed E-state index contributed by atoms with van der Waals surface area (Å²) in [5, 5.41) is 0. The van der Waals surface area contributed by atoms with Crippen LogP contribution >= 0.6 is 21.6 Å². The van der Waals surface area contributed by atoms with Gasteiger partial charge in [-0.3, -0.25) is 19.2 Å². The van der Waals surface area contributed by atoms with Crippen molar-refractivity contribution in [2.45, 2.75) is 0 Å². The maximum Gasteiger partial charge on any atom is 0.214 e. The van der Waals surface area contributed by atoms with Crippen LogP contribution in [0.2, 0.25) is 0 Å². The van der Waals surface area contributed by atoms with E-state index < -0.39 is 56.8 Å². The number of Topliss-reactive ketones (excluding diaryl/α,β-unsaturated/α-hetero) is 4. The molecule has 2 N–H and O–H groups in total. The highest BCUT2D eigenvalue weighted by atomic mass is 33.1. The van der Waals surface area contributed by atoms with Gasteiger partial charge in [0.1, 0.15) is 11.5 Å². The van der Waals surface area contributed by atoms with Crippen LogP contribution in [-0.4, -0.2) is 63.7 Å². The summed E-state index contributed by atoms with van der Waals surface area (Å²) in [7, 11) is 1.67. The van der Waals surface area contributed by atoms with Crippen molar-refractivity contribution in [3.05, 3.63) is 0 Å². The fourth-order valence-electron chi connectivity index (χ4n) is 0.737. The average Bonchev–Trinajstić information content (AvgIpc) is 2.32. The molecule has 0 aliphatic heterocycles. The van der Waals surface area contributed by atoms with E-state index in [1.165, 1.54) is 0 Å². The lowest BCUT2D eigenvalue weighted by Crippen LogP contribution is -2.23. The highest BCUT2D eigenvalue weighted by Crippen LogP contribution is 2.21. The molecule has 20 heavy (non-hydrogen) atoms. The Morgan fingerprint density at radius 1 is 0.700 bits per heavy atom. The third-order valence-corrected chi connectivity index (χ3v) is 4.75. The third kappa shape index (κ3) is 9.50. The van der Waals surface area contributed by atoms with E-state index in [-0.39, 0.29) is 11.5 Å². The molecule has 0 aromatic carbocycles. The highest BCUT2D eigenvalue weighted by molar-refractivity contribution is 8.77. The molecular weight excluding hydrogens is 352 g/mol. The summed E-state index contributed by atoms with van der Waals surface area (Å²) in [5.74, 6) is -5.84. The quantitative estimate of drug-likeness (QED) is 0.205. The van der Waals surface area contributed by atoms with Gasteiger partial charge < -0.3 is 9.11 Å². The number of hydrogen-bond acceptors (Lipinski definition) is 8. The van der Waals surface area contributed by atoms with Gasteiger partial charge in [-0.25, -0.2) is 8.42 Å². The zero-order valence-electron chi connectivity index (χ0n) is 9.81. The first-order valence-corrected chi connectivity index (χ1v) is 9.79. The van der Waals surface area contributed by atoms with Crippen molar-refractivity contribution in [3.63, 3.8) is 0 Å². The number of rotatable bonds is 11. The average molecular weight is 362 g/mol. The van der Waals surface area contributed by atoms with E-state index in [4.69, 9.17) is 9.11 Å². The van der Waals surface area contributed by atoms with Crippen LogP contribution in [0.5, 0.6) is 0 Å². The highest BCUT2D eigenvalue weighted by Gasteiger charge is 2.18. The molecule has 0 bridgehead atoms. The van der Waals surface area contributed by atoms with Crippen molar-refractivity contribution in [1.82, 2.24) is 0 Å². The van der Waals surface area contributed by atoms with Gasteiger partial charge in [0.05, 0.1) is 11.5 Å². The van der Waals surface area contributed by atoms with Crippen molar-refractivity contribution >= 4 is 66.9 Å². The zero-order chi connectivity index (χ0) is 15.7. The van der Waals surface area contributed by atoms with Gasteiger partial charge in [-0.1, -0.05) is 21.6 Å². The molecule has 0 aromatic heterocycles. The minimum Gasteiger partial charge on any atom is -0.306 e. The van der Waals surface area contributed by atoms with E-state index in [0.717, 1.165) is 21.6 Å². The minimum absolute atomic E-state index is 0.298. The molecule has 12 heteroatoms. The van der Waals surface area contributed by atoms with Gasteiger partial charge in [0.25, 0.3) is 0 Å². The molecule has 0 rings (SSSR count). The van der Waals surface area contributed by atoms with E-state index in [0.29, 0.717) is 0 Å². The predicted octanol–water partition coefficient (Wildman–Crippen LogP) is -0.912. The van der Waals surface area contributed by atoms with Crippen molar-refractivity contribution in [1.29, 1.82) is 0 Å². The largest absolute Gasteiger partial charge is 0.306 e. The van der Waals surface area contributed by atoms with Gasteiger partial charge in [0.15, 0.2) is 22.2 Å². The van der Waals surface area contributed by atoms with Crippen LogP contribution in [0.4, 0.5) is 0 Å². The molecule has 0 amide bonds. The SMILES string of the molecule is O=C(CSSCC(=O)C(=O)CS(=O)O)C(=O)CS(=O)O. The first kappa shape index (κ1) is 19.6. The Kier molecular flexibility index (Phi) is 10.1. The molecule has 0 aromatic rings. The van der Waals surface area contributed by atoms with Crippen LogP contribution in [-0.2, 0) is 41.3 Å². The third-order valence-electron chi connectivity index (χ3n) is 1.59. The lowest BCUT2D eigenvalue weighted by molar-refractivity contribution is -0.133. The van der Waals surface area contributed by atoms with Gasteiger partial charge in [-0.15, -0.1) is 0 Å². The normalized spacial score (nSPS) is 13.5. The smallest absolute Gasteiger partial charge is 0.214 e. The van der Waals surface area contributed by atoms with E-state index in [2.05, 4.69) is 0 Å². The zero-order valence-corrected chi connectivity index (χ0v) is 13.1. The molecular formula is C8H10O8S4. The van der Waals surface area contributed by atoms with Crippen LogP contribution in [0.25, 0.3) is 0 Å². The van der Waals surface area contributed by atoms with Gasteiger partial charge in [-0.2, -0.15) is 0 Å². The number of ketones is 4. The van der Waals surface area contributed by atoms with Gasteiger partial charge >= 0.3 is 0 Å². The summed E-state index contributed by atoms with van der Waals surface area (Å²) in [6, 6.07) is 0. The second-order valence-electron chi connectivity index (χ2n) is 3.15. The number of carbonyl (C=O) groups excluding carboxylic acids is 4. The molecule has 0 saturated heterocycles. The Morgan fingerprint density at radius 2 is 1.00 bits per heavy atom. The minimum atomic E-state index is -2.38. The Hall–Kier alpha value is -0.400. The summed E-state index contributed by atoms with van der Waals surface area (Å²) in [6.07, 6.45) is 0. The lowest BCUT2D eigenvalue weighted by Gasteiger charge is -1.99. The summed E-state index contributed by atoms with van der Waals surface area (Å²) < 4.78 is 37.4. The summed E-state index contributed by atoms with van der Waals surface area (Å²) in [4.78, 5) is 44.3. The number of carbonyl (C=O) groups is 4. The van der Waals surface area contributed by atoms with Crippen LogP contribution in [0.1, 0.15) is 0 Å². The van der Waals surface area contributed by atoms with Crippen molar-refractivity contribution in [2.75, 3.05) is 23.0 Å². The fourth-order valence-corrected chi connectivity index (χ4v) is 3.35. The van der Waals surface area contributed by atoms with Crippen LogP contribution < -0.4 is 0 Å². The Morgan fingerprint density at radius 3 is 1.25 bits per heavy atom. The Balaban J connectivity index is 3.91. The summed E-state index contributed by atoms with van der Waals surface area (Å²) in [6.45, 7) is 0. The van der Waals surface area contributed by atoms with E-state index in [9.17, 15) is 27.6 Å². The molecule has 0 radical (unpaired) electrons. The molecule has 2 unspecified atom stereocenters. The summed E-state index contributed by atoms with van der Waals surface area (Å²) in [5.41, 5.74) is 0. The second kappa shape index (κ2) is 10.3. The topological polar surface area (TPSA) is 143 Å². The van der Waals surface area contributed by atoms with Crippen molar-refractivity contribution < 1.29 is 36.7 Å². The van der Waals surface area contributed by atoms with Crippen molar-refractivity contribution in [3.8, 4) is 0 Å². The predicted molar refractivity (Wildman–Crippen MR) is 76.2 cm³/mol.